The van der Waals surface area contributed by atoms with Crippen LogP contribution in [-0.2, 0) is 20.9 Å². The zero-order chi connectivity index (χ0) is 28.0. The van der Waals surface area contributed by atoms with Crippen molar-refractivity contribution in [3.05, 3.63) is 138 Å². The molecule has 204 valence electrons. The Kier molecular flexibility index (Phi) is 10.6. The number of benzene rings is 3. The number of pyridine rings is 1. The molecule has 0 spiro atoms. The lowest BCUT2D eigenvalue weighted by Gasteiger charge is -2.25. The van der Waals surface area contributed by atoms with Crippen molar-refractivity contribution in [1.82, 2.24) is 9.88 Å². The first-order chi connectivity index (χ1) is 19.6. The Morgan fingerprint density at radius 1 is 0.850 bits per heavy atom. The molecule has 1 aromatic heterocycles. The maximum Gasteiger partial charge on any atom is 0.352 e. The molecule has 0 bridgehead atoms. The summed E-state index contributed by atoms with van der Waals surface area (Å²) in [7, 11) is 0. The monoisotopic (exact) mass is 534 g/mol. The molecule has 4 aromatic rings. The Morgan fingerprint density at radius 2 is 1.52 bits per heavy atom. The second-order valence-electron chi connectivity index (χ2n) is 9.51. The SMILES string of the molecule is CC(=O)OOc1cccc(CCCN(CCC(c2ccccc2)c2ccccc2)C(=O)C=Cc2ccncc2)c1. The number of hydrogen-bond acceptors (Lipinski definition) is 5. The lowest BCUT2D eigenvalue weighted by Crippen LogP contribution is -2.32. The lowest BCUT2D eigenvalue weighted by atomic mass is 9.88. The lowest BCUT2D eigenvalue weighted by molar-refractivity contribution is -0.210. The largest absolute Gasteiger partial charge is 0.352 e. The Labute approximate surface area is 235 Å². The van der Waals surface area contributed by atoms with Crippen LogP contribution in [0.5, 0.6) is 5.75 Å². The molecule has 0 saturated carbocycles. The van der Waals surface area contributed by atoms with Crippen LogP contribution >= 0.6 is 0 Å². The maximum atomic E-state index is 13.4. The summed E-state index contributed by atoms with van der Waals surface area (Å²) >= 11 is 0. The van der Waals surface area contributed by atoms with E-state index < -0.39 is 5.97 Å². The molecule has 0 N–H and O–H groups in total. The molecule has 1 heterocycles. The predicted molar refractivity (Wildman–Crippen MR) is 156 cm³/mol. The summed E-state index contributed by atoms with van der Waals surface area (Å²) in [5.41, 5.74) is 4.44. The normalized spacial score (nSPS) is 10.9. The van der Waals surface area contributed by atoms with Gasteiger partial charge in [-0.2, -0.15) is 0 Å². The number of amides is 1. The summed E-state index contributed by atoms with van der Waals surface area (Å²) in [6.07, 6.45) is 9.22. The third-order valence-corrected chi connectivity index (χ3v) is 6.57. The van der Waals surface area contributed by atoms with Gasteiger partial charge in [0, 0.05) is 44.4 Å². The van der Waals surface area contributed by atoms with Crippen LogP contribution < -0.4 is 4.89 Å². The van der Waals surface area contributed by atoms with Crippen LogP contribution in [0, 0.1) is 0 Å². The molecular weight excluding hydrogens is 500 g/mol. The molecule has 0 aliphatic heterocycles. The van der Waals surface area contributed by atoms with Crippen molar-refractivity contribution < 1.29 is 19.4 Å². The summed E-state index contributed by atoms with van der Waals surface area (Å²) in [4.78, 5) is 40.1. The molecule has 0 aliphatic carbocycles. The Balaban J connectivity index is 1.46. The van der Waals surface area contributed by atoms with Gasteiger partial charge in [0.05, 0.1) is 0 Å². The van der Waals surface area contributed by atoms with E-state index in [4.69, 9.17) is 4.89 Å². The average Bonchev–Trinajstić information content (AvgIpc) is 3.00. The number of nitrogens with zero attached hydrogens (tertiary/aromatic N) is 2. The van der Waals surface area contributed by atoms with E-state index in [-0.39, 0.29) is 11.8 Å². The fourth-order valence-corrected chi connectivity index (χ4v) is 4.59. The fraction of sp³-hybridized carbons (Fsp3) is 0.206. The minimum Gasteiger partial charge on any atom is -0.339 e. The van der Waals surface area contributed by atoms with E-state index in [1.54, 1.807) is 24.5 Å². The zero-order valence-corrected chi connectivity index (χ0v) is 22.7. The smallest absolute Gasteiger partial charge is 0.339 e. The first kappa shape index (κ1) is 28.3. The number of carbonyl (C=O) groups excluding carboxylic acids is 2. The van der Waals surface area contributed by atoms with Gasteiger partial charge in [-0.3, -0.25) is 19.6 Å². The van der Waals surface area contributed by atoms with Gasteiger partial charge < -0.3 is 4.90 Å². The molecule has 0 radical (unpaired) electrons. The van der Waals surface area contributed by atoms with E-state index in [9.17, 15) is 9.59 Å². The van der Waals surface area contributed by atoms with E-state index in [2.05, 4.69) is 58.4 Å². The Hall–Kier alpha value is -4.71. The van der Waals surface area contributed by atoms with Gasteiger partial charge in [0.25, 0.3) is 0 Å². The average molecular weight is 535 g/mol. The molecule has 40 heavy (non-hydrogen) atoms. The van der Waals surface area contributed by atoms with Crippen LogP contribution in [0.3, 0.4) is 0 Å². The molecule has 6 heteroatoms. The first-order valence-electron chi connectivity index (χ1n) is 13.5. The summed E-state index contributed by atoms with van der Waals surface area (Å²) < 4.78 is 0. The quantitative estimate of drug-likeness (QED) is 0.109. The highest BCUT2D eigenvalue weighted by molar-refractivity contribution is 5.91. The van der Waals surface area contributed by atoms with Crippen molar-refractivity contribution >= 4 is 18.0 Å². The topological polar surface area (TPSA) is 68.7 Å². The summed E-state index contributed by atoms with van der Waals surface area (Å²) in [6, 6.07) is 32.1. The molecule has 6 nitrogen and oxygen atoms in total. The number of aryl methyl sites for hydroxylation is 1. The van der Waals surface area contributed by atoms with Gasteiger partial charge >= 0.3 is 5.97 Å². The zero-order valence-electron chi connectivity index (χ0n) is 22.7. The van der Waals surface area contributed by atoms with Gasteiger partial charge in [0.15, 0.2) is 5.75 Å². The van der Waals surface area contributed by atoms with Crippen LogP contribution in [0.2, 0.25) is 0 Å². The third-order valence-electron chi connectivity index (χ3n) is 6.57. The van der Waals surface area contributed by atoms with E-state index in [1.807, 2.05) is 53.4 Å². The molecule has 0 aliphatic rings. The first-order valence-corrected chi connectivity index (χ1v) is 13.5. The highest BCUT2D eigenvalue weighted by Gasteiger charge is 2.18. The van der Waals surface area contributed by atoms with Gasteiger partial charge in [-0.15, -0.1) is 0 Å². The van der Waals surface area contributed by atoms with E-state index in [0.29, 0.717) is 18.8 Å². The van der Waals surface area contributed by atoms with E-state index in [0.717, 1.165) is 30.4 Å². The van der Waals surface area contributed by atoms with Gasteiger partial charge in [0.2, 0.25) is 5.91 Å². The van der Waals surface area contributed by atoms with Crippen LogP contribution in [0.15, 0.2) is 116 Å². The van der Waals surface area contributed by atoms with Crippen molar-refractivity contribution in [2.75, 3.05) is 13.1 Å². The third kappa shape index (κ3) is 8.95. The van der Waals surface area contributed by atoms with Crippen molar-refractivity contribution in [3.8, 4) is 5.75 Å². The highest BCUT2D eigenvalue weighted by Crippen LogP contribution is 2.28. The second kappa shape index (κ2) is 15.0. The van der Waals surface area contributed by atoms with Crippen molar-refractivity contribution in [1.29, 1.82) is 0 Å². The van der Waals surface area contributed by atoms with Gasteiger partial charge in [-0.05, 0) is 71.9 Å². The van der Waals surface area contributed by atoms with E-state index >= 15 is 0 Å². The summed E-state index contributed by atoms with van der Waals surface area (Å²) in [5.74, 6) is 0.110. The minimum absolute atomic E-state index is 0.0244. The molecule has 0 fully saturated rings. The number of aromatic nitrogens is 1. The van der Waals surface area contributed by atoms with Crippen molar-refractivity contribution in [2.24, 2.45) is 0 Å². The van der Waals surface area contributed by atoms with Crippen molar-refractivity contribution in [3.63, 3.8) is 0 Å². The van der Waals surface area contributed by atoms with Crippen LogP contribution in [0.4, 0.5) is 0 Å². The standard InChI is InChI=1S/C34H34N2O4/c1-27(37)39-40-32-16-8-10-29(26-32)11-9-24-36(34(38)18-17-28-19-22-35-23-20-28)25-21-33(30-12-4-2-5-13-30)31-14-6-3-7-15-31/h2-8,10,12-20,22-23,26,33H,9,11,21,24-25H2,1H3. The molecule has 0 atom stereocenters. The molecular formula is C34H34N2O4. The highest BCUT2D eigenvalue weighted by atomic mass is 17.2. The summed E-state index contributed by atoms with van der Waals surface area (Å²) in [6.45, 7) is 2.51. The summed E-state index contributed by atoms with van der Waals surface area (Å²) in [5, 5.41) is 0. The van der Waals surface area contributed by atoms with Crippen LogP contribution in [-0.4, -0.2) is 34.8 Å². The fourth-order valence-electron chi connectivity index (χ4n) is 4.59. The Bertz CT molecular complexity index is 1340. The van der Waals surface area contributed by atoms with Gasteiger partial charge in [-0.25, -0.2) is 4.79 Å². The van der Waals surface area contributed by atoms with E-state index in [1.165, 1.54) is 18.1 Å². The minimum atomic E-state index is -0.510. The number of carbonyl (C=O) groups is 2. The van der Waals surface area contributed by atoms with Gasteiger partial charge in [-0.1, -0.05) is 72.8 Å². The van der Waals surface area contributed by atoms with Crippen LogP contribution in [0.25, 0.3) is 6.08 Å². The predicted octanol–water partition coefficient (Wildman–Crippen LogP) is 6.64. The molecule has 4 rings (SSSR count). The molecule has 0 unspecified atom stereocenters. The van der Waals surface area contributed by atoms with Crippen LogP contribution in [0.1, 0.15) is 47.9 Å². The molecule has 3 aromatic carbocycles. The maximum absolute atomic E-state index is 13.4. The van der Waals surface area contributed by atoms with Gasteiger partial charge in [0.1, 0.15) is 0 Å². The molecule has 0 saturated heterocycles. The second-order valence-corrected chi connectivity index (χ2v) is 9.51. The number of hydrogen-bond donors (Lipinski definition) is 0. The van der Waals surface area contributed by atoms with Crippen molar-refractivity contribution in [2.45, 2.75) is 32.1 Å². The Morgan fingerprint density at radius 3 is 2.17 bits per heavy atom. The molecule has 1 amide bonds. The number of rotatable bonds is 13.